The highest BCUT2D eigenvalue weighted by Gasteiger charge is 2.46. The zero-order valence-corrected chi connectivity index (χ0v) is 8.39. The molecule has 1 aliphatic heterocycles. The predicted molar refractivity (Wildman–Crippen MR) is 50.1 cm³/mol. The van der Waals surface area contributed by atoms with Crippen molar-refractivity contribution in [2.75, 3.05) is 6.61 Å². The molecule has 0 radical (unpaired) electrons. The molecule has 0 aromatic heterocycles. The first-order chi connectivity index (χ1) is 7.49. The first-order valence-corrected chi connectivity index (χ1v) is 4.64. The molecule has 1 heterocycles. The van der Waals surface area contributed by atoms with Gasteiger partial charge >= 0.3 is 5.97 Å². The Morgan fingerprint density at radius 3 is 2.44 bits per heavy atom. The average Bonchev–Trinajstić information content (AvgIpc) is 2.28. The zero-order valence-electron chi connectivity index (χ0n) is 8.39. The lowest BCUT2D eigenvalue weighted by Gasteiger charge is -2.36. The van der Waals surface area contributed by atoms with Crippen LogP contribution in [0.5, 0.6) is 0 Å². The molecule has 5 atom stereocenters. The number of ether oxygens (including phenoxy) is 2. The van der Waals surface area contributed by atoms with Crippen molar-refractivity contribution in [2.45, 2.75) is 30.7 Å². The summed E-state index contributed by atoms with van der Waals surface area (Å²) >= 11 is 0. The molecule has 7 heteroatoms. The van der Waals surface area contributed by atoms with Crippen LogP contribution in [0.4, 0.5) is 0 Å². The topological polar surface area (TPSA) is 116 Å². The van der Waals surface area contributed by atoms with Gasteiger partial charge in [0.25, 0.3) is 0 Å². The number of hydrogen-bond acceptors (Lipinski definition) is 7. The summed E-state index contributed by atoms with van der Waals surface area (Å²) in [6.45, 7) is 3.24. The number of carbonyl (C=O) groups is 1. The Morgan fingerprint density at radius 1 is 1.25 bits per heavy atom. The Morgan fingerprint density at radius 2 is 1.88 bits per heavy atom. The Kier molecular flexibility index (Phi) is 4.39. The molecule has 1 rings (SSSR count). The fraction of sp³-hybridized carbons (Fsp3) is 0.667. The quantitative estimate of drug-likeness (QED) is 0.315. The molecule has 0 aromatic rings. The number of esters is 1. The molecule has 16 heavy (non-hydrogen) atoms. The highest BCUT2D eigenvalue weighted by atomic mass is 16.7. The van der Waals surface area contributed by atoms with Gasteiger partial charge < -0.3 is 29.9 Å². The maximum Gasteiger partial charge on any atom is 0.338 e. The standard InChI is InChI=1S/C9H14O7/c1-2-3-15-9(14)7-5(11)4(10)6(12)8(13)16-7/h2,4-8,10-13H,1,3H2/t4-,5-,6?,7?,8?/m0/s1. The van der Waals surface area contributed by atoms with E-state index in [0.29, 0.717) is 0 Å². The number of carbonyl (C=O) groups excluding carboxylic acids is 1. The maximum absolute atomic E-state index is 11.3. The number of hydrogen-bond donors (Lipinski definition) is 4. The average molecular weight is 234 g/mol. The van der Waals surface area contributed by atoms with E-state index in [1.807, 2.05) is 0 Å². The third-order valence-corrected chi connectivity index (χ3v) is 2.16. The minimum absolute atomic E-state index is 0.0832. The Bertz CT molecular complexity index is 267. The zero-order chi connectivity index (χ0) is 12.3. The van der Waals surface area contributed by atoms with E-state index in [1.54, 1.807) is 0 Å². The van der Waals surface area contributed by atoms with Crippen LogP contribution in [-0.4, -0.2) is 63.7 Å². The van der Waals surface area contributed by atoms with Crippen LogP contribution < -0.4 is 0 Å². The number of aliphatic hydroxyl groups is 4. The normalized spacial score (nSPS) is 39.1. The van der Waals surface area contributed by atoms with E-state index >= 15 is 0 Å². The SMILES string of the molecule is C=CCOC(=O)C1OC(O)C(O)[C@@H](O)[C@@H]1O. The fourth-order valence-electron chi connectivity index (χ4n) is 1.28. The third kappa shape index (κ3) is 2.57. The Labute approximate surface area is 91.5 Å². The molecule has 1 fully saturated rings. The van der Waals surface area contributed by atoms with Crippen LogP contribution in [-0.2, 0) is 14.3 Å². The van der Waals surface area contributed by atoms with Crippen molar-refractivity contribution < 1.29 is 34.7 Å². The van der Waals surface area contributed by atoms with Crippen LogP contribution in [0.25, 0.3) is 0 Å². The van der Waals surface area contributed by atoms with Crippen LogP contribution in [0.2, 0.25) is 0 Å². The molecule has 0 aliphatic carbocycles. The molecule has 0 bridgehead atoms. The molecular formula is C9H14O7. The first-order valence-electron chi connectivity index (χ1n) is 4.64. The van der Waals surface area contributed by atoms with Gasteiger partial charge in [0, 0.05) is 0 Å². The van der Waals surface area contributed by atoms with E-state index in [-0.39, 0.29) is 6.61 Å². The molecular weight excluding hydrogens is 220 g/mol. The molecule has 3 unspecified atom stereocenters. The van der Waals surface area contributed by atoms with Gasteiger partial charge in [-0.3, -0.25) is 0 Å². The summed E-state index contributed by atoms with van der Waals surface area (Å²) in [5, 5.41) is 37.0. The van der Waals surface area contributed by atoms with Crippen LogP contribution in [0, 0.1) is 0 Å². The summed E-state index contributed by atoms with van der Waals surface area (Å²) < 4.78 is 9.21. The van der Waals surface area contributed by atoms with Crippen LogP contribution in [0.3, 0.4) is 0 Å². The summed E-state index contributed by atoms with van der Waals surface area (Å²) in [5.41, 5.74) is 0. The van der Waals surface area contributed by atoms with Crippen LogP contribution in [0.15, 0.2) is 12.7 Å². The lowest BCUT2D eigenvalue weighted by atomic mass is 9.99. The second kappa shape index (κ2) is 5.37. The molecule has 0 amide bonds. The van der Waals surface area contributed by atoms with E-state index < -0.39 is 36.7 Å². The van der Waals surface area contributed by atoms with E-state index in [4.69, 9.17) is 10.2 Å². The van der Waals surface area contributed by atoms with E-state index in [2.05, 4.69) is 16.1 Å². The van der Waals surface area contributed by atoms with Gasteiger partial charge in [-0.15, -0.1) is 0 Å². The van der Waals surface area contributed by atoms with Crippen LogP contribution >= 0.6 is 0 Å². The monoisotopic (exact) mass is 234 g/mol. The molecule has 0 saturated carbocycles. The van der Waals surface area contributed by atoms with Gasteiger partial charge in [-0.05, 0) is 0 Å². The van der Waals surface area contributed by atoms with Gasteiger partial charge in [0.2, 0.25) is 0 Å². The Balaban J connectivity index is 2.66. The van der Waals surface area contributed by atoms with Crippen molar-refractivity contribution >= 4 is 5.97 Å². The molecule has 92 valence electrons. The Hall–Kier alpha value is -0.990. The van der Waals surface area contributed by atoms with Gasteiger partial charge in [0.1, 0.15) is 24.9 Å². The van der Waals surface area contributed by atoms with Crippen molar-refractivity contribution in [3.8, 4) is 0 Å². The third-order valence-electron chi connectivity index (χ3n) is 2.16. The largest absolute Gasteiger partial charge is 0.459 e. The molecule has 1 saturated heterocycles. The highest BCUT2D eigenvalue weighted by Crippen LogP contribution is 2.20. The summed E-state index contributed by atoms with van der Waals surface area (Å²) in [7, 11) is 0. The smallest absolute Gasteiger partial charge is 0.338 e. The highest BCUT2D eigenvalue weighted by molar-refractivity contribution is 5.75. The summed E-state index contributed by atoms with van der Waals surface area (Å²) in [6.07, 6.45) is -6.97. The van der Waals surface area contributed by atoms with Crippen molar-refractivity contribution in [1.82, 2.24) is 0 Å². The lowest BCUT2D eigenvalue weighted by molar-refractivity contribution is -0.280. The molecule has 0 spiro atoms. The van der Waals surface area contributed by atoms with Crippen LogP contribution in [0.1, 0.15) is 0 Å². The maximum atomic E-state index is 11.3. The molecule has 7 nitrogen and oxygen atoms in total. The second-order valence-electron chi connectivity index (χ2n) is 3.34. The van der Waals surface area contributed by atoms with E-state index in [9.17, 15) is 15.0 Å². The summed E-state index contributed by atoms with van der Waals surface area (Å²) in [4.78, 5) is 11.3. The summed E-state index contributed by atoms with van der Waals surface area (Å²) in [5.74, 6) is -0.947. The van der Waals surface area contributed by atoms with Gasteiger partial charge in [-0.2, -0.15) is 0 Å². The number of rotatable bonds is 3. The van der Waals surface area contributed by atoms with Gasteiger partial charge in [-0.1, -0.05) is 12.7 Å². The number of aliphatic hydroxyl groups excluding tert-OH is 4. The van der Waals surface area contributed by atoms with Gasteiger partial charge in [0.15, 0.2) is 12.4 Å². The minimum Gasteiger partial charge on any atom is -0.459 e. The van der Waals surface area contributed by atoms with Crippen molar-refractivity contribution in [3.63, 3.8) is 0 Å². The lowest BCUT2D eigenvalue weighted by Crippen LogP contribution is -2.59. The van der Waals surface area contributed by atoms with Crippen molar-refractivity contribution in [1.29, 1.82) is 0 Å². The van der Waals surface area contributed by atoms with Crippen molar-refractivity contribution in [2.24, 2.45) is 0 Å². The molecule has 1 aliphatic rings. The fourth-order valence-corrected chi connectivity index (χ4v) is 1.28. The van der Waals surface area contributed by atoms with E-state index in [1.165, 1.54) is 6.08 Å². The summed E-state index contributed by atoms with van der Waals surface area (Å²) in [6, 6.07) is 0. The van der Waals surface area contributed by atoms with Crippen molar-refractivity contribution in [3.05, 3.63) is 12.7 Å². The second-order valence-corrected chi connectivity index (χ2v) is 3.34. The minimum atomic E-state index is -1.75. The molecule has 4 N–H and O–H groups in total. The van der Waals surface area contributed by atoms with Gasteiger partial charge in [0.05, 0.1) is 0 Å². The van der Waals surface area contributed by atoms with E-state index in [0.717, 1.165) is 0 Å². The predicted octanol–water partition coefficient (Wildman–Crippen LogP) is -2.48. The molecule has 0 aromatic carbocycles. The van der Waals surface area contributed by atoms with Gasteiger partial charge in [-0.25, -0.2) is 4.79 Å². The first kappa shape index (κ1) is 13.1.